The maximum absolute atomic E-state index is 13.6. The van der Waals surface area contributed by atoms with Crippen LogP contribution in [0, 0.1) is 5.82 Å². The fourth-order valence-electron chi connectivity index (χ4n) is 1.86. The summed E-state index contributed by atoms with van der Waals surface area (Å²) in [7, 11) is 0.434. The van der Waals surface area contributed by atoms with E-state index in [9.17, 15) is 8.60 Å². The maximum atomic E-state index is 13.6. The number of nitrogens with zero attached hydrogens (tertiary/aromatic N) is 2. The fourth-order valence-corrected chi connectivity index (χ4v) is 2.21. The number of halogens is 1. The van der Waals surface area contributed by atoms with Gasteiger partial charge in [-0.25, -0.2) is 9.37 Å². The minimum absolute atomic E-state index is 0.0734. The smallest absolute Gasteiger partial charge is 0.201 e. The van der Waals surface area contributed by atoms with Crippen LogP contribution in [0.25, 0.3) is 11.0 Å². The van der Waals surface area contributed by atoms with E-state index in [1.165, 1.54) is 13.2 Å². The molecule has 2 N–H and O–H groups in total. The Balaban J connectivity index is 2.54. The summed E-state index contributed by atoms with van der Waals surface area (Å²) in [5, 5.41) is -0.0734. The minimum atomic E-state index is -0.967. The Morgan fingerprint density at radius 3 is 2.84 bits per heavy atom. The number of nitrogens with two attached hydrogens (primary N) is 1. The van der Waals surface area contributed by atoms with Crippen LogP contribution in [0.5, 0.6) is 5.75 Å². The van der Waals surface area contributed by atoms with Gasteiger partial charge in [0.2, 0.25) is 5.95 Å². The topological polar surface area (TPSA) is 70.1 Å². The average Bonchev–Trinajstić information content (AvgIpc) is 2.64. The van der Waals surface area contributed by atoms with Crippen LogP contribution in [0.3, 0.4) is 0 Å². The van der Waals surface area contributed by atoms with E-state index < -0.39 is 16.6 Å². The predicted molar refractivity (Wildman–Crippen MR) is 74.2 cm³/mol. The minimum Gasteiger partial charge on any atom is -0.494 e. The first-order chi connectivity index (χ1) is 8.93. The van der Waals surface area contributed by atoms with Crippen LogP contribution in [0.1, 0.15) is 6.92 Å². The highest BCUT2D eigenvalue weighted by Gasteiger charge is 2.16. The zero-order chi connectivity index (χ0) is 14.2. The molecular formula is C12H16FN3O2S. The SMILES string of the molecule is COc1cc2c(cc1F)nc(N)n2CC(C)S(C)=O. The first-order valence-electron chi connectivity index (χ1n) is 5.75. The number of aromatic nitrogens is 2. The van der Waals surface area contributed by atoms with Crippen LogP contribution in [0.2, 0.25) is 0 Å². The number of methoxy groups -OCH3 is 1. The molecule has 2 unspecified atom stereocenters. The Kier molecular flexibility index (Phi) is 3.75. The molecule has 0 aliphatic heterocycles. The van der Waals surface area contributed by atoms with E-state index >= 15 is 0 Å². The van der Waals surface area contributed by atoms with Crippen molar-refractivity contribution < 1.29 is 13.3 Å². The zero-order valence-electron chi connectivity index (χ0n) is 11.0. The maximum Gasteiger partial charge on any atom is 0.201 e. The van der Waals surface area contributed by atoms with Gasteiger partial charge in [-0.1, -0.05) is 0 Å². The van der Waals surface area contributed by atoms with E-state index in [4.69, 9.17) is 10.5 Å². The molecule has 1 aromatic heterocycles. The van der Waals surface area contributed by atoms with Crippen molar-refractivity contribution in [1.29, 1.82) is 0 Å². The molecule has 1 heterocycles. The van der Waals surface area contributed by atoms with Gasteiger partial charge in [0.05, 0.1) is 18.1 Å². The number of ether oxygens (including phenoxy) is 1. The Hall–Kier alpha value is -1.63. The molecule has 0 bridgehead atoms. The van der Waals surface area contributed by atoms with Crippen molar-refractivity contribution in [1.82, 2.24) is 9.55 Å². The molecule has 7 heteroatoms. The van der Waals surface area contributed by atoms with Crippen LogP contribution >= 0.6 is 0 Å². The lowest BCUT2D eigenvalue weighted by Gasteiger charge is -2.12. The molecule has 0 saturated heterocycles. The Labute approximate surface area is 113 Å². The summed E-state index contributed by atoms with van der Waals surface area (Å²) in [6, 6.07) is 2.84. The number of hydrogen-bond acceptors (Lipinski definition) is 4. The van der Waals surface area contributed by atoms with Crippen LogP contribution in [-0.2, 0) is 17.3 Å². The molecule has 5 nitrogen and oxygen atoms in total. The molecule has 19 heavy (non-hydrogen) atoms. The highest BCUT2D eigenvalue weighted by atomic mass is 32.2. The number of rotatable bonds is 4. The van der Waals surface area contributed by atoms with Crippen molar-refractivity contribution in [3.63, 3.8) is 0 Å². The Morgan fingerprint density at radius 2 is 2.26 bits per heavy atom. The van der Waals surface area contributed by atoms with E-state index in [0.717, 1.165) is 0 Å². The van der Waals surface area contributed by atoms with Gasteiger partial charge in [-0.3, -0.25) is 4.21 Å². The number of nitrogen functional groups attached to an aromatic ring is 1. The average molecular weight is 285 g/mol. The molecule has 2 aromatic rings. The lowest BCUT2D eigenvalue weighted by atomic mass is 10.3. The standard InChI is InChI=1S/C12H16FN3O2S/c1-7(19(3)17)6-16-10-5-11(18-2)8(13)4-9(10)15-12(16)14/h4-5,7H,6H2,1-3H3,(H2,14,15). The van der Waals surface area contributed by atoms with E-state index in [1.807, 2.05) is 6.92 Å². The first kappa shape index (κ1) is 13.8. The summed E-state index contributed by atoms with van der Waals surface area (Å²) >= 11 is 0. The van der Waals surface area contributed by atoms with Gasteiger partial charge >= 0.3 is 0 Å². The summed E-state index contributed by atoms with van der Waals surface area (Å²) < 4.78 is 31.7. The normalized spacial score (nSPS) is 14.5. The van der Waals surface area contributed by atoms with Crippen molar-refractivity contribution in [2.24, 2.45) is 0 Å². The van der Waals surface area contributed by atoms with Gasteiger partial charge in [-0.15, -0.1) is 0 Å². The third-order valence-electron chi connectivity index (χ3n) is 3.06. The highest BCUT2D eigenvalue weighted by molar-refractivity contribution is 7.84. The number of benzene rings is 1. The van der Waals surface area contributed by atoms with Crippen LogP contribution in [0.15, 0.2) is 12.1 Å². The van der Waals surface area contributed by atoms with E-state index in [-0.39, 0.29) is 16.9 Å². The Bertz CT molecular complexity index is 641. The number of anilines is 1. The molecule has 0 amide bonds. The molecule has 2 rings (SSSR count). The molecule has 104 valence electrons. The summed E-state index contributed by atoms with van der Waals surface area (Å²) in [5.41, 5.74) is 6.97. The zero-order valence-corrected chi connectivity index (χ0v) is 11.8. The van der Waals surface area contributed by atoms with Crippen LogP contribution in [0.4, 0.5) is 10.3 Å². The molecule has 1 aromatic carbocycles. The third kappa shape index (κ3) is 2.56. The van der Waals surface area contributed by atoms with E-state index in [2.05, 4.69) is 4.98 Å². The van der Waals surface area contributed by atoms with Gasteiger partial charge < -0.3 is 15.0 Å². The second-order valence-corrected chi connectivity index (χ2v) is 6.17. The van der Waals surface area contributed by atoms with E-state index in [1.54, 1.807) is 16.9 Å². The first-order valence-corrected chi connectivity index (χ1v) is 7.37. The molecule has 0 aliphatic rings. The largest absolute Gasteiger partial charge is 0.494 e. The van der Waals surface area contributed by atoms with Crippen molar-refractivity contribution >= 4 is 27.8 Å². The molecule has 0 fully saturated rings. The molecule has 2 atom stereocenters. The van der Waals surface area contributed by atoms with Crippen molar-refractivity contribution in [3.05, 3.63) is 17.9 Å². The van der Waals surface area contributed by atoms with Gasteiger partial charge in [0.1, 0.15) is 0 Å². The van der Waals surface area contributed by atoms with Gasteiger partial charge in [-0.2, -0.15) is 0 Å². The lowest BCUT2D eigenvalue weighted by Crippen LogP contribution is -2.18. The number of fused-ring (bicyclic) bond motifs is 1. The third-order valence-corrected chi connectivity index (χ3v) is 4.34. The fraction of sp³-hybridized carbons (Fsp3) is 0.417. The molecule has 0 saturated carbocycles. The monoisotopic (exact) mass is 285 g/mol. The summed E-state index contributed by atoms with van der Waals surface area (Å²) in [5.74, 6) is -0.0642. The predicted octanol–water partition coefficient (Wildman–Crippen LogP) is 1.53. The second kappa shape index (κ2) is 5.16. The number of imidazole rings is 1. The summed E-state index contributed by atoms with van der Waals surface area (Å²) in [6.07, 6.45) is 1.64. The van der Waals surface area contributed by atoms with Crippen molar-refractivity contribution in [2.75, 3.05) is 19.1 Å². The quantitative estimate of drug-likeness (QED) is 0.925. The molecular weight excluding hydrogens is 269 g/mol. The lowest BCUT2D eigenvalue weighted by molar-refractivity contribution is 0.387. The molecule has 0 radical (unpaired) electrons. The van der Waals surface area contributed by atoms with E-state index in [0.29, 0.717) is 17.6 Å². The van der Waals surface area contributed by atoms with Gasteiger partial charge in [0.25, 0.3) is 0 Å². The number of hydrogen-bond donors (Lipinski definition) is 1. The van der Waals surface area contributed by atoms with Crippen LogP contribution < -0.4 is 10.5 Å². The van der Waals surface area contributed by atoms with Crippen LogP contribution in [-0.4, -0.2) is 32.4 Å². The van der Waals surface area contributed by atoms with Gasteiger partial charge in [0, 0.05) is 41.0 Å². The van der Waals surface area contributed by atoms with Gasteiger partial charge in [-0.05, 0) is 6.92 Å². The highest BCUT2D eigenvalue weighted by Crippen LogP contribution is 2.26. The second-order valence-electron chi connectivity index (χ2n) is 4.37. The van der Waals surface area contributed by atoms with Crippen molar-refractivity contribution in [2.45, 2.75) is 18.7 Å². The van der Waals surface area contributed by atoms with Crippen molar-refractivity contribution in [3.8, 4) is 5.75 Å². The molecule has 0 spiro atoms. The van der Waals surface area contributed by atoms with Gasteiger partial charge in [0.15, 0.2) is 11.6 Å². The summed E-state index contributed by atoms with van der Waals surface area (Å²) in [6.45, 7) is 2.32. The molecule has 0 aliphatic carbocycles. The summed E-state index contributed by atoms with van der Waals surface area (Å²) in [4.78, 5) is 4.11. The Morgan fingerprint density at radius 1 is 1.58 bits per heavy atom.